The first-order chi connectivity index (χ1) is 8.29. The molecule has 2 aromatic rings. The summed E-state index contributed by atoms with van der Waals surface area (Å²) in [5.74, 6) is 1.22. The molecular formula is C12H10BrN3O. The van der Waals surface area contributed by atoms with E-state index in [1.54, 1.807) is 17.0 Å². The lowest BCUT2D eigenvalue weighted by Gasteiger charge is -2.07. The zero-order valence-electron chi connectivity index (χ0n) is 9.01. The van der Waals surface area contributed by atoms with Crippen LogP contribution in [-0.2, 0) is 6.54 Å². The monoisotopic (exact) mass is 291 g/mol. The molecule has 2 rings (SSSR count). The molecule has 1 heterocycles. The standard InChI is InChI=1S/C12H10BrN3O/c13-10-1-3-11(4-2-10)17-8-7-16-6-5-15-12(16)9-14/h1-6H,7-8H2. The maximum atomic E-state index is 8.77. The van der Waals surface area contributed by atoms with Gasteiger partial charge >= 0.3 is 0 Å². The summed E-state index contributed by atoms with van der Waals surface area (Å²) in [6.45, 7) is 1.12. The summed E-state index contributed by atoms with van der Waals surface area (Å²) < 4.78 is 8.34. The van der Waals surface area contributed by atoms with Gasteiger partial charge in [-0.1, -0.05) is 15.9 Å². The zero-order valence-corrected chi connectivity index (χ0v) is 10.6. The van der Waals surface area contributed by atoms with E-state index < -0.39 is 0 Å². The second kappa shape index (κ2) is 5.51. The third kappa shape index (κ3) is 3.08. The van der Waals surface area contributed by atoms with E-state index in [0.29, 0.717) is 19.0 Å². The number of benzene rings is 1. The minimum atomic E-state index is 0.407. The Bertz CT molecular complexity index is 527. The molecule has 0 unspecified atom stereocenters. The second-order valence-electron chi connectivity index (χ2n) is 3.36. The average Bonchev–Trinajstić information content (AvgIpc) is 2.79. The Morgan fingerprint density at radius 3 is 2.82 bits per heavy atom. The fourth-order valence-electron chi connectivity index (χ4n) is 1.40. The van der Waals surface area contributed by atoms with Crippen molar-refractivity contribution in [3.05, 3.63) is 47.0 Å². The number of nitriles is 1. The molecule has 17 heavy (non-hydrogen) atoms. The number of halogens is 1. The van der Waals surface area contributed by atoms with Crippen molar-refractivity contribution in [2.75, 3.05) is 6.61 Å². The molecular weight excluding hydrogens is 282 g/mol. The van der Waals surface area contributed by atoms with Crippen molar-refractivity contribution in [1.29, 1.82) is 5.26 Å². The summed E-state index contributed by atoms with van der Waals surface area (Å²) in [5, 5.41) is 8.77. The van der Waals surface area contributed by atoms with Crippen LogP contribution >= 0.6 is 15.9 Å². The molecule has 0 aliphatic heterocycles. The smallest absolute Gasteiger partial charge is 0.212 e. The van der Waals surface area contributed by atoms with Crippen molar-refractivity contribution in [3.63, 3.8) is 0 Å². The summed E-state index contributed by atoms with van der Waals surface area (Å²) >= 11 is 3.36. The van der Waals surface area contributed by atoms with Gasteiger partial charge in [-0.25, -0.2) is 4.98 Å². The number of rotatable bonds is 4. The van der Waals surface area contributed by atoms with E-state index >= 15 is 0 Å². The van der Waals surface area contributed by atoms with Gasteiger partial charge in [0.05, 0.1) is 6.54 Å². The molecule has 5 heteroatoms. The number of imidazole rings is 1. The van der Waals surface area contributed by atoms with Gasteiger partial charge in [-0.05, 0) is 24.3 Å². The summed E-state index contributed by atoms with van der Waals surface area (Å²) in [6.07, 6.45) is 3.38. The summed E-state index contributed by atoms with van der Waals surface area (Å²) in [6, 6.07) is 9.65. The minimum Gasteiger partial charge on any atom is -0.492 e. The second-order valence-corrected chi connectivity index (χ2v) is 4.27. The van der Waals surface area contributed by atoms with Gasteiger partial charge in [-0.15, -0.1) is 0 Å². The molecule has 0 atom stereocenters. The van der Waals surface area contributed by atoms with Crippen molar-refractivity contribution >= 4 is 15.9 Å². The van der Waals surface area contributed by atoms with Gasteiger partial charge in [0.2, 0.25) is 5.82 Å². The van der Waals surface area contributed by atoms with Crippen LogP contribution < -0.4 is 4.74 Å². The Hall–Kier alpha value is -1.80. The quantitative estimate of drug-likeness (QED) is 0.870. The fourth-order valence-corrected chi connectivity index (χ4v) is 1.66. The van der Waals surface area contributed by atoms with Crippen molar-refractivity contribution in [2.45, 2.75) is 6.54 Å². The van der Waals surface area contributed by atoms with Gasteiger partial charge in [0.15, 0.2) is 0 Å². The number of nitrogens with zero attached hydrogens (tertiary/aromatic N) is 3. The molecule has 1 aromatic carbocycles. The molecule has 0 aliphatic rings. The molecule has 0 fully saturated rings. The largest absolute Gasteiger partial charge is 0.492 e. The van der Waals surface area contributed by atoms with Crippen molar-refractivity contribution in [3.8, 4) is 11.8 Å². The highest BCUT2D eigenvalue weighted by molar-refractivity contribution is 9.10. The van der Waals surface area contributed by atoms with Crippen molar-refractivity contribution in [1.82, 2.24) is 9.55 Å². The molecule has 0 N–H and O–H groups in total. The van der Waals surface area contributed by atoms with Gasteiger partial charge in [0.25, 0.3) is 0 Å². The van der Waals surface area contributed by atoms with E-state index in [-0.39, 0.29) is 0 Å². The molecule has 0 radical (unpaired) electrons. The molecule has 1 aromatic heterocycles. The van der Waals surface area contributed by atoms with Crippen LogP contribution in [0.4, 0.5) is 0 Å². The van der Waals surface area contributed by atoms with Gasteiger partial charge in [-0.2, -0.15) is 5.26 Å². The predicted octanol–water partition coefficient (Wildman–Crippen LogP) is 2.60. The highest BCUT2D eigenvalue weighted by Crippen LogP contribution is 2.16. The topological polar surface area (TPSA) is 50.8 Å². The highest BCUT2D eigenvalue weighted by Gasteiger charge is 2.00. The Labute approximate surface area is 108 Å². The van der Waals surface area contributed by atoms with E-state index in [0.717, 1.165) is 10.2 Å². The normalized spacial score (nSPS) is 9.88. The van der Waals surface area contributed by atoms with Crippen LogP contribution in [0, 0.1) is 11.3 Å². The lowest BCUT2D eigenvalue weighted by molar-refractivity contribution is 0.297. The van der Waals surface area contributed by atoms with Crippen LogP contribution in [0.1, 0.15) is 5.82 Å². The molecule has 0 spiro atoms. The van der Waals surface area contributed by atoms with Crippen LogP contribution in [0.25, 0.3) is 0 Å². The molecule has 4 nitrogen and oxygen atoms in total. The first kappa shape index (κ1) is 11.7. The fraction of sp³-hybridized carbons (Fsp3) is 0.167. The Kier molecular flexibility index (Phi) is 3.78. The van der Waals surface area contributed by atoms with E-state index in [4.69, 9.17) is 10.00 Å². The third-order valence-electron chi connectivity index (χ3n) is 2.23. The van der Waals surface area contributed by atoms with Gasteiger partial charge in [0.1, 0.15) is 18.4 Å². The number of hydrogen-bond acceptors (Lipinski definition) is 3. The maximum Gasteiger partial charge on any atom is 0.212 e. The molecule has 0 aliphatic carbocycles. The Balaban J connectivity index is 1.88. The van der Waals surface area contributed by atoms with Crippen LogP contribution in [0.2, 0.25) is 0 Å². The average molecular weight is 292 g/mol. The molecule has 0 amide bonds. The Morgan fingerprint density at radius 2 is 2.12 bits per heavy atom. The first-order valence-electron chi connectivity index (χ1n) is 5.09. The molecule has 0 bridgehead atoms. The van der Waals surface area contributed by atoms with E-state index in [9.17, 15) is 0 Å². The van der Waals surface area contributed by atoms with E-state index in [1.807, 2.05) is 30.3 Å². The first-order valence-corrected chi connectivity index (χ1v) is 5.88. The molecule has 86 valence electrons. The lowest BCUT2D eigenvalue weighted by Crippen LogP contribution is -2.09. The predicted molar refractivity (Wildman–Crippen MR) is 66.6 cm³/mol. The van der Waals surface area contributed by atoms with Crippen molar-refractivity contribution < 1.29 is 4.74 Å². The highest BCUT2D eigenvalue weighted by atomic mass is 79.9. The summed E-state index contributed by atoms with van der Waals surface area (Å²) in [5.41, 5.74) is 0. The van der Waals surface area contributed by atoms with Gasteiger partial charge in [0, 0.05) is 16.9 Å². The van der Waals surface area contributed by atoms with Gasteiger partial charge in [-0.3, -0.25) is 0 Å². The number of aromatic nitrogens is 2. The summed E-state index contributed by atoms with van der Waals surface area (Å²) in [4.78, 5) is 3.91. The van der Waals surface area contributed by atoms with E-state index in [2.05, 4.69) is 20.9 Å². The number of ether oxygens (including phenoxy) is 1. The Morgan fingerprint density at radius 1 is 1.35 bits per heavy atom. The third-order valence-corrected chi connectivity index (χ3v) is 2.76. The lowest BCUT2D eigenvalue weighted by atomic mass is 10.3. The van der Waals surface area contributed by atoms with Crippen LogP contribution in [-0.4, -0.2) is 16.2 Å². The van der Waals surface area contributed by atoms with Crippen LogP contribution in [0.15, 0.2) is 41.1 Å². The van der Waals surface area contributed by atoms with Crippen molar-refractivity contribution in [2.24, 2.45) is 0 Å². The maximum absolute atomic E-state index is 8.77. The molecule has 0 saturated heterocycles. The van der Waals surface area contributed by atoms with Crippen LogP contribution in [0.5, 0.6) is 5.75 Å². The number of hydrogen-bond donors (Lipinski definition) is 0. The van der Waals surface area contributed by atoms with Gasteiger partial charge < -0.3 is 9.30 Å². The zero-order chi connectivity index (χ0) is 12.1. The molecule has 0 saturated carbocycles. The SMILES string of the molecule is N#Cc1nccn1CCOc1ccc(Br)cc1. The minimum absolute atomic E-state index is 0.407. The van der Waals surface area contributed by atoms with E-state index in [1.165, 1.54) is 0 Å². The van der Waals surface area contributed by atoms with Crippen LogP contribution in [0.3, 0.4) is 0 Å². The summed E-state index contributed by atoms with van der Waals surface area (Å²) in [7, 11) is 0.